The molecule has 0 fully saturated rings. The summed E-state index contributed by atoms with van der Waals surface area (Å²) in [4.78, 5) is 0. The molecule has 0 saturated heterocycles. The Hall–Kier alpha value is -2.11. The molecule has 1 rings (SSSR count). The zero-order chi connectivity index (χ0) is 13.4. The molecule has 0 unspecified atom stereocenters. The van der Waals surface area contributed by atoms with E-state index >= 15 is 0 Å². The zero-order valence-corrected chi connectivity index (χ0v) is 11.0. The summed E-state index contributed by atoms with van der Waals surface area (Å²) in [6, 6.07) is 11.1. The van der Waals surface area contributed by atoms with Gasteiger partial charge in [0.2, 0.25) is 0 Å². The minimum absolute atomic E-state index is 0.0637. The fourth-order valence-electron chi connectivity index (χ4n) is 1.32. The Morgan fingerprint density at radius 3 is 2.56 bits per heavy atom. The van der Waals surface area contributed by atoms with Crippen molar-refractivity contribution in [3.8, 4) is 17.9 Å². The van der Waals surface area contributed by atoms with E-state index < -0.39 is 0 Å². The average Bonchev–Trinajstić information content (AvgIpc) is 2.41. The van der Waals surface area contributed by atoms with E-state index in [1.165, 1.54) is 11.8 Å². The molecule has 4 nitrogen and oxygen atoms in total. The van der Waals surface area contributed by atoms with Gasteiger partial charge in [-0.15, -0.1) is 11.8 Å². The number of ether oxygens (including phenoxy) is 1. The van der Waals surface area contributed by atoms with E-state index in [1.54, 1.807) is 6.26 Å². The first kappa shape index (κ1) is 14.0. The van der Waals surface area contributed by atoms with Crippen molar-refractivity contribution in [1.82, 2.24) is 0 Å². The van der Waals surface area contributed by atoms with E-state index in [0.29, 0.717) is 17.4 Å². The maximum Gasteiger partial charge on any atom is 0.159 e. The third-order valence-corrected chi connectivity index (χ3v) is 2.80. The van der Waals surface area contributed by atoms with Crippen molar-refractivity contribution in [2.24, 2.45) is 0 Å². The molecule has 0 aliphatic heterocycles. The fourth-order valence-corrected chi connectivity index (χ4v) is 1.82. The van der Waals surface area contributed by atoms with E-state index in [2.05, 4.69) is 5.32 Å². The van der Waals surface area contributed by atoms with Gasteiger partial charge >= 0.3 is 0 Å². The van der Waals surface area contributed by atoms with Gasteiger partial charge in [0.05, 0.1) is 12.3 Å². The maximum absolute atomic E-state index is 8.86. The van der Waals surface area contributed by atoms with Crippen LogP contribution in [0.4, 0.5) is 5.69 Å². The topological polar surface area (TPSA) is 68.8 Å². The van der Waals surface area contributed by atoms with E-state index in [9.17, 15) is 0 Å². The molecule has 1 N–H and O–H groups in total. The van der Waals surface area contributed by atoms with Crippen LogP contribution in [0.5, 0.6) is 5.75 Å². The van der Waals surface area contributed by atoms with Crippen molar-refractivity contribution in [3.63, 3.8) is 0 Å². The molecule has 0 heterocycles. The van der Waals surface area contributed by atoms with Gasteiger partial charge in [-0.25, -0.2) is 0 Å². The number of benzene rings is 1. The first-order valence-electron chi connectivity index (χ1n) is 5.34. The third kappa shape index (κ3) is 3.44. The Morgan fingerprint density at radius 2 is 2.00 bits per heavy atom. The largest absolute Gasteiger partial charge is 0.492 e. The molecule has 0 aliphatic rings. The van der Waals surface area contributed by atoms with Gasteiger partial charge in [0.25, 0.3) is 0 Å². The molecule has 92 valence electrons. The van der Waals surface area contributed by atoms with Crippen LogP contribution in [0.3, 0.4) is 0 Å². The van der Waals surface area contributed by atoms with Gasteiger partial charge in [-0.3, -0.25) is 0 Å². The molecule has 0 aliphatic carbocycles. The summed E-state index contributed by atoms with van der Waals surface area (Å²) >= 11 is 1.32. The van der Waals surface area contributed by atoms with Crippen LogP contribution in [0.2, 0.25) is 0 Å². The molecule has 0 atom stereocenters. The van der Waals surface area contributed by atoms with Crippen LogP contribution in [0, 0.1) is 22.7 Å². The molecule has 0 radical (unpaired) electrons. The summed E-state index contributed by atoms with van der Waals surface area (Å²) in [7, 11) is 0. The monoisotopic (exact) mass is 259 g/mol. The lowest BCUT2D eigenvalue weighted by Gasteiger charge is -2.13. The number of anilines is 1. The number of rotatable bonds is 5. The van der Waals surface area contributed by atoms with E-state index in [4.69, 9.17) is 15.3 Å². The molecule has 0 aromatic heterocycles. The number of hydrogen-bond donors (Lipinski definition) is 1. The van der Waals surface area contributed by atoms with Crippen LogP contribution >= 0.6 is 11.8 Å². The molecule has 5 heteroatoms. The lowest BCUT2D eigenvalue weighted by atomic mass is 10.3. The van der Waals surface area contributed by atoms with Crippen molar-refractivity contribution in [1.29, 1.82) is 10.5 Å². The smallest absolute Gasteiger partial charge is 0.159 e. The third-order valence-electron chi connectivity index (χ3n) is 2.09. The predicted molar refractivity (Wildman–Crippen MR) is 73.0 cm³/mol. The summed E-state index contributed by atoms with van der Waals surface area (Å²) < 4.78 is 5.47. The number of allylic oxidation sites excluding steroid dienone is 1. The van der Waals surface area contributed by atoms with Crippen LogP contribution < -0.4 is 10.1 Å². The van der Waals surface area contributed by atoms with Crippen LogP contribution in [0.15, 0.2) is 34.9 Å². The highest BCUT2D eigenvalue weighted by Crippen LogP contribution is 2.28. The number of para-hydroxylation sites is 2. The Balaban J connectivity index is 3.07. The van der Waals surface area contributed by atoms with Crippen LogP contribution in [-0.4, -0.2) is 12.9 Å². The molecular formula is C13H13N3OS. The van der Waals surface area contributed by atoms with Gasteiger partial charge in [0.15, 0.2) is 5.57 Å². The SMILES string of the molecule is CCOc1ccccc1NC(SC)=C(C#N)C#N. The summed E-state index contributed by atoms with van der Waals surface area (Å²) in [6.45, 7) is 2.46. The Bertz CT molecular complexity index is 510. The summed E-state index contributed by atoms with van der Waals surface area (Å²) in [5.74, 6) is 0.696. The van der Waals surface area contributed by atoms with Crippen molar-refractivity contribution < 1.29 is 4.74 Å². The van der Waals surface area contributed by atoms with Crippen molar-refractivity contribution in [2.75, 3.05) is 18.2 Å². The molecular weight excluding hydrogens is 246 g/mol. The average molecular weight is 259 g/mol. The second-order valence-corrected chi connectivity index (χ2v) is 4.00. The lowest BCUT2D eigenvalue weighted by Crippen LogP contribution is -2.02. The van der Waals surface area contributed by atoms with Crippen LogP contribution in [0.1, 0.15) is 6.92 Å². The highest BCUT2D eigenvalue weighted by molar-refractivity contribution is 8.02. The van der Waals surface area contributed by atoms with Crippen LogP contribution in [0.25, 0.3) is 0 Å². The number of nitriles is 2. The van der Waals surface area contributed by atoms with Gasteiger partial charge in [-0.2, -0.15) is 10.5 Å². The van der Waals surface area contributed by atoms with Gasteiger partial charge in [-0.1, -0.05) is 12.1 Å². The van der Waals surface area contributed by atoms with E-state index in [1.807, 2.05) is 43.3 Å². The van der Waals surface area contributed by atoms with Gasteiger partial charge in [-0.05, 0) is 25.3 Å². The maximum atomic E-state index is 8.86. The normalized spacial score (nSPS) is 8.89. The molecule has 0 spiro atoms. The molecule has 18 heavy (non-hydrogen) atoms. The number of thioether (sulfide) groups is 1. The standard InChI is InChI=1S/C13H13N3OS/c1-3-17-12-7-5-4-6-11(12)16-13(18-2)10(8-14)9-15/h4-7,16H,3H2,1-2H3. The van der Waals surface area contributed by atoms with Gasteiger partial charge in [0, 0.05) is 0 Å². The molecule has 1 aromatic rings. The Kier molecular flexibility index (Phi) is 5.63. The zero-order valence-electron chi connectivity index (χ0n) is 10.2. The highest BCUT2D eigenvalue weighted by atomic mass is 32.2. The van der Waals surface area contributed by atoms with Gasteiger partial charge < -0.3 is 10.1 Å². The number of nitrogens with zero attached hydrogens (tertiary/aromatic N) is 2. The minimum atomic E-state index is 0.0637. The first-order chi connectivity index (χ1) is 8.76. The molecule has 0 saturated carbocycles. The second-order valence-electron chi connectivity index (χ2n) is 3.19. The fraction of sp³-hybridized carbons (Fsp3) is 0.231. The Morgan fingerprint density at radius 1 is 1.33 bits per heavy atom. The lowest BCUT2D eigenvalue weighted by molar-refractivity contribution is 0.342. The van der Waals surface area contributed by atoms with E-state index in [0.717, 1.165) is 5.69 Å². The molecule has 0 amide bonds. The molecule has 0 bridgehead atoms. The summed E-state index contributed by atoms with van der Waals surface area (Å²) in [6.07, 6.45) is 1.81. The second kappa shape index (κ2) is 7.26. The van der Waals surface area contributed by atoms with Crippen molar-refractivity contribution in [2.45, 2.75) is 6.92 Å². The van der Waals surface area contributed by atoms with E-state index in [-0.39, 0.29) is 5.57 Å². The number of hydrogen-bond acceptors (Lipinski definition) is 5. The number of nitrogens with one attached hydrogen (secondary N) is 1. The highest BCUT2D eigenvalue weighted by Gasteiger charge is 2.08. The van der Waals surface area contributed by atoms with Crippen molar-refractivity contribution in [3.05, 3.63) is 34.9 Å². The first-order valence-corrected chi connectivity index (χ1v) is 6.56. The minimum Gasteiger partial charge on any atom is -0.492 e. The Labute approximate surface area is 111 Å². The van der Waals surface area contributed by atoms with Crippen molar-refractivity contribution >= 4 is 17.4 Å². The predicted octanol–water partition coefficient (Wildman–Crippen LogP) is 3.12. The molecule has 1 aromatic carbocycles. The summed E-state index contributed by atoms with van der Waals surface area (Å²) in [5, 5.41) is 21.3. The van der Waals surface area contributed by atoms with Crippen LogP contribution in [-0.2, 0) is 0 Å². The summed E-state index contributed by atoms with van der Waals surface area (Å²) in [5.41, 5.74) is 0.806. The van der Waals surface area contributed by atoms with Gasteiger partial charge in [0.1, 0.15) is 22.9 Å². The quantitative estimate of drug-likeness (QED) is 0.823.